The summed E-state index contributed by atoms with van der Waals surface area (Å²) in [5, 5.41) is 0.818. The number of rotatable bonds is 4. The fourth-order valence-electron chi connectivity index (χ4n) is 1.43. The van der Waals surface area contributed by atoms with Crippen molar-refractivity contribution in [1.29, 1.82) is 0 Å². The molecule has 0 fully saturated rings. The van der Waals surface area contributed by atoms with Gasteiger partial charge in [0.15, 0.2) is 0 Å². The Balaban J connectivity index is 2.39. The lowest BCUT2D eigenvalue weighted by Gasteiger charge is -1.98. The van der Waals surface area contributed by atoms with Crippen molar-refractivity contribution in [2.24, 2.45) is 0 Å². The first-order valence-electron chi connectivity index (χ1n) is 4.79. The third-order valence-electron chi connectivity index (χ3n) is 2.17. The molecule has 1 aromatic carbocycles. The molecule has 0 N–H and O–H groups in total. The smallest absolute Gasteiger partial charge is 0.149 e. The Morgan fingerprint density at radius 1 is 1.56 bits per heavy atom. The highest BCUT2D eigenvalue weighted by molar-refractivity contribution is 7.81. The molecule has 0 saturated heterocycles. The molecule has 0 unspecified atom stereocenters. The van der Waals surface area contributed by atoms with Gasteiger partial charge in [-0.2, -0.15) is 12.6 Å². The van der Waals surface area contributed by atoms with Gasteiger partial charge in [0.05, 0.1) is 18.2 Å². The topological polar surface area (TPSA) is 39.2 Å². The molecular formula is C11H11NO2S2. The fraction of sp³-hybridized carbons (Fsp3) is 0.273. The molecule has 0 amide bonds. The molecule has 0 radical (unpaired) electrons. The molecular weight excluding hydrogens is 242 g/mol. The number of hydrogen-bond acceptors (Lipinski definition) is 5. The Bertz CT molecular complexity index is 522. The van der Waals surface area contributed by atoms with Gasteiger partial charge in [0.25, 0.3) is 0 Å². The average Bonchev–Trinajstić information content (AvgIpc) is 2.70. The Morgan fingerprint density at radius 2 is 2.38 bits per heavy atom. The highest BCUT2D eigenvalue weighted by Crippen LogP contribution is 2.29. The van der Waals surface area contributed by atoms with Gasteiger partial charge in [-0.05, 0) is 12.1 Å². The third kappa shape index (κ3) is 2.20. The number of hydrogen-bond donors (Lipinski definition) is 1. The minimum absolute atomic E-state index is 0.0846. The largest absolute Gasteiger partial charge is 0.494 e. The molecule has 0 saturated carbocycles. The van der Waals surface area contributed by atoms with E-state index < -0.39 is 0 Å². The van der Waals surface area contributed by atoms with E-state index in [-0.39, 0.29) is 11.5 Å². The number of thiol groups is 1. The van der Waals surface area contributed by atoms with Crippen LogP contribution in [0.5, 0.6) is 5.75 Å². The fourth-order valence-corrected chi connectivity index (χ4v) is 2.56. The molecule has 0 aliphatic rings. The van der Waals surface area contributed by atoms with Gasteiger partial charge < -0.3 is 4.74 Å². The molecule has 16 heavy (non-hydrogen) atoms. The Hall–Kier alpha value is -1.07. The molecule has 1 aromatic heterocycles. The molecule has 0 aliphatic carbocycles. The number of ketones is 1. The number of Topliss-reactive ketones (excluding diaryl/α,β-unsaturated/α-hetero) is 1. The Morgan fingerprint density at radius 3 is 3.06 bits per heavy atom. The van der Waals surface area contributed by atoms with Crippen LogP contribution in [0.2, 0.25) is 0 Å². The van der Waals surface area contributed by atoms with Crippen molar-refractivity contribution in [1.82, 2.24) is 4.98 Å². The quantitative estimate of drug-likeness (QED) is 0.850. The summed E-state index contributed by atoms with van der Waals surface area (Å²) in [6.07, 6.45) is 0.353. The van der Waals surface area contributed by atoms with Crippen molar-refractivity contribution in [2.75, 3.05) is 12.9 Å². The number of carbonyl (C=O) groups is 1. The van der Waals surface area contributed by atoms with Gasteiger partial charge in [0.1, 0.15) is 22.1 Å². The normalized spacial score (nSPS) is 10.6. The summed E-state index contributed by atoms with van der Waals surface area (Å²) in [7, 11) is 1.62. The van der Waals surface area contributed by atoms with Crippen LogP contribution in [0.4, 0.5) is 0 Å². The maximum Gasteiger partial charge on any atom is 0.149 e. The molecule has 0 spiro atoms. The van der Waals surface area contributed by atoms with E-state index in [4.69, 9.17) is 4.74 Å². The predicted octanol–water partition coefficient (Wildman–Crippen LogP) is 2.35. The zero-order valence-corrected chi connectivity index (χ0v) is 10.5. The van der Waals surface area contributed by atoms with Crippen LogP contribution in [0, 0.1) is 0 Å². The summed E-state index contributed by atoms with van der Waals surface area (Å²) in [5.41, 5.74) is 0.831. The van der Waals surface area contributed by atoms with E-state index in [1.54, 1.807) is 7.11 Å². The third-order valence-corrected chi connectivity index (χ3v) is 3.54. The predicted molar refractivity (Wildman–Crippen MR) is 68.7 cm³/mol. The number of aromatic nitrogens is 1. The first-order chi connectivity index (χ1) is 7.74. The van der Waals surface area contributed by atoms with Gasteiger partial charge in [-0.3, -0.25) is 4.79 Å². The number of fused-ring (bicyclic) bond motifs is 1. The molecule has 3 nitrogen and oxygen atoms in total. The number of ether oxygens (including phenoxy) is 1. The number of nitrogens with zero attached hydrogens (tertiary/aromatic N) is 1. The summed E-state index contributed by atoms with van der Waals surface area (Å²) < 4.78 is 6.26. The molecule has 2 rings (SSSR count). The van der Waals surface area contributed by atoms with E-state index >= 15 is 0 Å². The van der Waals surface area contributed by atoms with Crippen molar-refractivity contribution in [3.63, 3.8) is 0 Å². The van der Waals surface area contributed by atoms with E-state index in [1.165, 1.54) is 11.3 Å². The highest BCUT2D eigenvalue weighted by Gasteiger charge is 2.10. The molecule has 5 heteroatoms. The number of thiazole rings is 1. The molecule has 0 atom stereocenters. The number of para-hydroxylation sites is 1. The SMILES string of the molecule is COc1cccc2sc(CC(=O)CS)nc12. The molecule has 0 aliphatic heterocycles. The lowest BCUT2D eigenvalue weighted by atomic mass is 10.3. The summed E-state index contributed by atoms with van der Waals surface area (Å²) in [6, 6.07) is 5.76. The van der Waals surface area contributed by atoms with Crippen LogP contribution in [0.25, 0.3) is 10.2 Å². The lowest BCUT2D eigenvalue weighted by Crippen LogP contribution is -2.02. The summed E-state index contributed by atoms with van der Waals surface area (Å²) >= 11 is 5.47. The maximum atomic E-state index is 11.3. The number of benzene rings is 1. The van der Waals surface area contributed by atoms with Crippen molar-refractivity contribution < 1.29 is 9.53 Å². The van der Waals surface area contributed by atoms with E-state index in [2.05, 4.69) is 17.6 Å². The van der Waals surface area contributed by atoms with Gasteiger partial charge in [0, 0.05) is 5.75 Å². The van der Waals surface area contributed by atoms with Crippen LogP contribution >= 0.6 is 24.0 Å². The van der Waals surface area contributed by atoms with E-state index in [1.807, 2.05) is 18.2 Å². The number of carbonyl (C=O) groups excluding carboxylic acids is 1. The van der Waals surface area contributed by atoms with Gasteiger partial charge in [-0.1, -0.05) is 6.07 Å². The van der Waals surface area contributed by atoms with Crippen LogP contribution in [0.1, 0.15) is 5.01 Å². The molecule has 1 heterocycles. The van der Waals surface area contributed by atoms with Crippen molar-refractivity contribution in [2.45, 2.75) is 6.42 Å². The van der Waals surface area contributed by atoms with Crippen LogP contribution < -0.4 is 4.74 Å². The minimum Gasteiger partial charge on any atom is -0.494 e. The summed E-state index contributed by atoms with van der Waals surface area (Å²) in [6.45, 7) is 0. The highest BCUT2D eigenvalue weighted by atomic mass is 32.1. The summed E-state index contributed by atoms with van der Waals surface area (Å²) in [4.78, 5) is 15.7. The second kappa shape index (κ2) is 4.84. The van der Waals surface area contributed by atoms with Gasteiger partial charge >= 0.3 is 0 Å². The van der Waals surface area contributed by atoms with Crippen LogP contribution in [-0.2, 0) is 11.2 Å². The zero-order valence-electron chi connectivity index (χ0n) is 8.77. The Labute approximate surface area is 103 Å². The van der Waals surface area contributed by atoms with Gasteiger partial charge in [0.2, 0.25) is 0 Å². The maximum absolute atomic E-state index is 11.3. The average molecular weight is 253 g/mol. The molecule has 0 bridgehead atoms. The number of methoxy groups -OCH3 is 1. The standard InChI is InChI=1S/C11H11NO2S2/c1-14-8-3-2-4-9-11(8)12-10(16-9)5-7(13)6-15/h2-4,15H,5-6H2,1H3. The second-order valence-corrected chi connectivity index (χ2v) is 4.72. The zero-order chi connectivity index (χ0) is 11.5. The monoisotopic (exact) mass is 253 g/mol. The van der Waals surface area contributed by atoms with Crippen LogP contribution in [0.3, 0.4) is 0 Å². The second-order valence-electron chi connectivity index (χ2n) is 3.29. The molecule has 2 aromatic rings. The van der Waals surface area contributed by atoms with Crippen molar-refractivity contribution >= 4 is 40.0 Å². The lowest BCUT2D eigenvalue weighted by molar-refractivity contribution is -0.115. The Kier molecular flexibility index (Phi) is 3.46. The van der Waals surface area contributed by atoms with Crippen molar-refractivity contribution in [3.8, 4) is 5.75 Å². The van der Waals surface area contributed by atoms with Crippen molar-refractivity contribution in [3.05, 3.63) is 23.2 Å². The van der Waals surface area contributed by atoms with Gasteiger partial charge in [-0.15, -0.1) is 11.3 Å². The van der Waals surface area contributed by atoms with E-state index in [9.17, 15) is 4.79 Å². The van der Waals surface area contributed by atoms with E-state index in [0.29, 0.717) is 6.42 Å². The van der Waals surface area contributed by atoms with Crippen LogP contribution in [0.15, 0.2) is 18.2 Å². The van der Waals surface area contributed by atoms with Crippen LogP contribution in [-0.4, -0.2) is 23.6 Å². The minimum atomic E-state index is 0.0846. The first-order valence-corrected chi connectivity index (χ1v) is 6.24. The van der Waals surface area contributed by atoms with E-state index in [0.717, 1.165) is 21.0 Å². The first kappa shape index (κ1) is 11.4. The van der Waals surface area contributed by atoms with Gasteiger partial charge in [-0.25, -0.2) is 4.98 Å². The summed E-state index contributed by atoms with van der Waals surface area (Å²) in [5.74, 6) is 1.09. The molecule has 84 valence electrons.